The Balaban J connectivity index is 2.61. The summed E-state index contributed by atoms with van der Waals surface area (Å²) >= 11 is 0. The van der Waals surface area contributed by atoms with Crippen LogP contribution in [0.2, 0.25) is 0 Å². The van der Waals surface area contributed by atoms with Crippen molar-refractivity contribution in [1.82, 2.24) is 10.6 Å². The van der Waals surface area contributed by atoms with Gasteiger partial charge in [-0.15, -0.1) is 12.3 Å². The van der Waals surface area contributed by atoms with Crippen LogP contribution in [0, 0.1) is 12.3 Å². The molecule has 0 aliphatic carbocycles. The van der Waals surface area contributed by atoms with Gasteiger partial charge in [-0.25, -0.2) is 4.79 Å². The number of hydrogen-bond acceptors (Lipinski definition) is 2. The lowest BCUT2D eigenvalue weighted by Gasteiger charge is -2.18. The summed E-state index contributed by atoms with van der Waals surface area (Å²) in [6.45, 7) is 0.392. The summed E-state index contributed by atoms with van der Waals surface area (Å²) in [5, 5.41) is 14.2. The number of urea groups is 1. The standard InChI is InChI=1S/C15H18N2O3/c1-2-3-11-16-15(20)17-13(9-10-14(18)19)12-7-5-4-6-8-12/h1,4-8,13H,3,9-11H2,(H,18,19)(H2,16,17,20). The fraction of sp³-hybridized carbons (Fsp3) is 0.333. The molecule has 20 heavy (non-hydrogen) atoms. The molecule has 0 radical (unpaired) electrons. The number of hydrogen-bond donors (Lipinski definition) is 3. The van der Waals surface area contributed by atoms with Gasteiger partial charge in [-0.05, 0) is 12.0 Å². The topological polar surface area (TPSA) is 78.4 Å². The smallest absolute Gasteiger partial charge is 0.315 e. The Kier molecular flexibility index (Phi) is 6.69. The zero-order valence-electron chi connectivity index (χ0n) is 11.1. The van der Waals surface area contributed by atoms with E-state index in [1.54, 1.807) is 0 Å². The van der Waals surface area contributed by atoms with E-state index in [4.69, 9.17) is 11.5 Å². The Morgan fingerprint density at radius 1 is 1.30 bits per heavy atom. The maximum absolute atomic E-state index is 11.7. The molecular weight excluding hydrogens is 256 g/mol. The van der Waals surface area contributed by atoms with Gasteiger partial charge in [0.25, 0.3) is 0 Å². The van der Waals surface area contributed by atoms with Crippen molar-refractivity contribution in [3.63, 3.8) is 0 Å². The van der Waals surface area contributed by atoms with Gasteiger partial charge >= 0.3 is 12.0 Å². The summed E-state index contributed by atoms with van der Waals surface area (Å²) in [5.74, 6) is 1.54. The number of amides is 2. The number of carboxylic acids is 1. The highest BCUT2D eigenvalue weighted by Crippen LogP contribution is 2.18. The van der Waals surface area contributed by atoms with Gasteiger partial charge in [-0.2, -0.15) is 0 Å². The van der Waals surface area contributed by atoms with Crippen LogP contribution in [0.25, 0.3) is 0 Å². The molecule has 1 aromatic rings. The fourth-order valence-corrected chi connectivity index (χ4v) is 1.73. The molecule has 0 saturated heterocycles. The minimum Gasteiger partial charge on any atom is -0.481 e. The first-order valence-electron chi connectivity index (χ1n) is 6.38. The molecule has 0 saturated carbocycles. The van der Waals surface area contributed by atoms with E-state index in [0.717, 1.165) is 5.56 Å². The van der Waals surface area contributed by atoms with Gasteiger partial charge in [-0.3, -0.25) is 4.79 Å². The maximum atomic E-state index is 11.7. The highest BCUT2D eigenvalue weighted by Gasteiger charge is 2.15. The number of carboxylic acid groups (broad SMARTS) is 1. The molecule has 1 atom stereocenters. The van der Waals surface area contributed by atoms with Gasteiger partial charge in [0.1, 0.15) is 0 Å². The summed E-state index contributed by atoms with van der Waals surface area (Å²) in [6, 6.07) is 8.59. The van der Waals surface area contributed by atoms with Crippen LogP contribution in [-0.2, 0) is 4.79 Å². The Morgan fingerprint density at radius 2 is 2.00 bits per heavy atom. The normalized spacial score (nSPS) is 11.2. The quantitative estimate of drug-likeness (QED) is 0.525. The van der Waals surface area contributed by atoms with Crippen LogP contribution >= 0.6 is 0 Å². The monoisotopic (exact) mass is 274 g/mol. The number of aliphatic carboxylic acids is 1. The largest absolute Gasteiger partial charge is 0.481 e. The molecule has 0 aliphatic rings. The van der Waals surface area contributed by atoms with Crippen molar-refractivity contribution in [1.29, 1.82) is 0 Å². The van der Waals surface area contributed by atoms with Crippen molar-refractivity contribution in [2.75, 3.05) is 6.54 Å². The first kappa shape index (κ1) is 15.6. The van der Waals surface area contributed by atoms with Crippen molar-refractivity contribution in [3.05, 3.63) is 35.9 Å². The molecular formula is C15H18N2O3. The number of terminal acetylenes is 1. The van der Waals surface area contributed by atoms with Gasteiger partial charge in [0, 0.05) is 19.4 Å². The van der Waals surface area contributed by atoms with Crippen molar-refractivity contribution in [2.45, 2.75) is 25.3 Å². The molecule has 0 spiro atoms. The molecule has 1 aromatic carbocycles. The van der Waals surface area contributed by atoms with Gasteiger partial charge in [0.2, 0.25) is 0 Å². The predicted octanol–water partition coefficient (Wildman–Crippen LogP) is 1.92. The van der Waals surface area contributed by atoms with E-state index >= 15 is 0 Å². The summed E-state index contributed by atoms with van der Waals surface area (Å²) in [7, 11) is 0. The molecule has 2 amide bonds. The fourth-order valence-electron chi connectivity index (χ4n) is 1.73. The van der Waals surface area contributed by atoms with Gasteiger partial charge in [0.05, 0.1) is 6.04 Å². The van der Waals surface area contributed by atoms with Crippen molar-refractivity contribution in [3.8, 4) is 12.3 Å². The highest BCUT2D eigenvalue weighted by molar-refractivity contribution is 5.74. The molecule has 0 heterocycles. The second-order valence-electron chi connectivity index (χ2n) is 4.25. The summed E-state index contributed by atoms with van der Waals surface area (Å²) in [4.78, 5) is 22.4. The van der Waals surface area contributed by atoms with Crippen LogP contribution in [0.3, 0.4) is 0 Å². The van der Waals surface area contributed by atoms with E-state index in [2.05, 4.69) is 16.6 Å². The van der Waals surface area contributed by atoms with Gasteiger partial charge < -0.3 is 15.7 Å². The number of carbonyl (C=O) groups excluding carboxylic acids is 1. The van der Waals surface area contributed by atoms with E-state index in [-0.39, 0.29) is 18.5 Å². The Morgan fingerprint density at radius 3 is 2.60 bits per heavy atom. The average Bonchev–Trinajstić information content (AvgIpc) is 2.44. The molecule has 0 bridgehead atoms. The molecule has 3 N–H and O–H groups in total. The van der Waals surface area contributed by atoms with E-state index in [9.17, 15) is 9.59 Å². The molecule has 0 aromatic heterocycles. The average molecular weight is 274 g/mol. The van der Waals surface area contributed by atoms with E-state index in [1.807, 2.05) is 30.3 Å². The summed E-state index contributed by atoms with van der Waals surface area (Å²) < 4.78 is 0. The number of nitrogens with one attached hydrogen (secondary N) is 2. The van der Waals surface area contributed by atoms with Crippen LogP contribution in [0.4, 0.5) is 4.79 Å². The highest BCUT2D eigenvalue weighted by atomic mass is 16.4. The molecule has 106 valence electrons. The zero-order chi connectivity index (χ0) is 14.8. The Hall–Kier alpha value is -2.48. The zero-order valence-corrected chi connectivity index (χ0v) is 11.1. The lowest BCUT2D eigenvalue weighted by Crippen LogP contribution is -2.38. The molecule has 0 fully saturated rings. The first-order chi connectivity index (χ1) is 9.63. The molecule has 1 unspecified atom stereocenters. The number of benzene rings is 1. The predicted molar refractivity (Wildman–Crippen MR) is 76.0 cm³/mol. The van der Waals surface area contributed by atoms with Crippen LogP contribution in [0.1, 0.15) is 30.9 Å². The van der Waals surface area contributed by atoms with E-state index in [1.165, 1.54) is 0 Å². The van der Waals surface area contributed by atoms with Gasteiger partial charge in [0.15, 0.2) is 0 Å². The second kappa shape index (κ2) is 8.59. The molecule has 5 nitrogen and oxygen atoms in total. The van der Waals surface area contributed by atoms with Crippen LogP contribution in [-0.4, -0.2) is 23.7 Å². The minimum atomic E-state index is -0.888. The summed E-state index contributed by atoms with van der Waals surface area (Å²) in [5.41, 5.74) is 0.876. The van der Waals surface area contributed by atoms with E-state index < -0.39 is 5.97 Å². The van der Waals surface area contributed by atoms with Crippen molar-refractivity contribution in [2.24, 2.45) is 0 Å². The maximum Gasteiger partial charge on any atom is 0.315 e. The third kappa shape index (κ3) is 5.91. The van der Waals surface area contributed by atoms with Crippen molar-refractivity contribution < 1.29 is 14.7 Å². The first-order valence-corrected chi connectivity index (χ1v) is 6.38. The number of rotatable bonds is 7. The lowest BCUT2D eigenvalue weighted by molar-refractivity contribution is -0.137. The molecule has 5 heteroatoms. The third-order valence-corrected chi connectivity index (χ3v) is 2.71. The Labute approximate surface area is 118 Å². The summed E-state index contributed by atoms with van der Waals surface area (Å²) in [6.07, 6.45) is 5.88. The minimum absolute atomic E-state index is 0.00973. The van der Waals surface area contributed by atoms with Crippen LogP contribution < -0.4 is 10.6 Å². The van der Waals surface area contributed by atoms with Crippen LogP contribution in [0.5, 0.6) is 0 Å². The molecule has 1 rings (SSSR count). The Bertz CT molecular complexity index is 480. The van der Waals surface area contributed by atoms with Crippen LogP contribution in [0.15, 0.2) is 30.3 Å². The molecule has 0 aliphatic heterocycles. The SMILES string of the molecule is C#CCCNC(=O)NC(CCC(=O)O)c1ccccc1. The van der Waals surface area contributed by atoms with Crippen molar-refractivity contribution >= 4 is 12.0 Å². The second-order valence-corrected chi connectivity index (χ2v) is 4.25. The number of carbonyl (C=O) groups is 2. The lowest BCUT2D eigenvalue weighted by atomic mass is 10.0. The van der Waals surface area contributed by atoms with E-state index in [0.29, 0.717) is 19.4 Å². The third-order valence-electron chi connectivity index (χ3n) is 2.71. The van der Waals surface area contributed by atoms with Gasteiger partial charge in [-0.1, -0.05) is 30.3 Å².